The average molecular weight is 389 g/mol. The lowest BCUT2D eigenvalue weighted by Crippen LogP contribution is -2.56. The summed E-state index contributed by atoms with van der Waals surface area (Å²) in [6, 6.07) is 1.15. The standard InChI is InChI=1S/C17H22F3N3O4/c1-10(2)13(15(25)21-9-11-5-4-8-27-11)22-14(24)12-6-3-7-23(12)16(26)17(18,19)20/h4-5,8,10,12-13H,3,6-7,9H2,1-2H3,(H,21,25)(H,22,24)/t12?,13-/m0/s1. The van der Waals surface area contributed by atoms with Gasteiger partial charge in [0.05, 0.1) is 12.8 Å². The summed E-state index contributed by atoms with van der Waals surface area (Å²) in [5.41, 5.74) is 0. The highest BCUT2D eigenvalue weighted by molar-refractivity contribution is 5.93. The maximum atomic E-state index is 12.7. The van der Waals surface area contributed by atoms with Crippen molar-refractivity contribution in [2.45, 2.75) is 51.5 Å². The summed E-state index contributed by atoms with van der Waals surface area (Å²) in [5.74, 6) is -3.07. The van der Waals surface area contributed by atoms with E-state index in [-0.39, 0.29) is 31.8 Å². The van der Waals surface area contributed by atoms with Crippen molar-refractivity contribution in [2.75, 3.05) is 6.54 Å². The number of nitrogens with zero attached hydrogens (tertiary/aromatic N) is 1. The monoisotopic (exact) mass is 389 g/mol. The Labute approximate surface area is 154 Å². The van der Waals surface area contributed by atoms with Gasteiger partial charge in [0, 0.05) is 6.54 Å². The zero-order chi connectivity index (χ0) is 20.2. The maximum Gasteiger partial charge on any atom is 0.471 e. The summed E-state index contributed by atoms with van der Waals surface area (Å²) >= 11 is 0. The fourth-order valence-corrected chi connectivity index (χ4v) is 2.93. The van der Waals surface area contributed by atoms with Crippen molar-refractivity contribution in [1.82, 2.24) is 15.5 Å². The first-order valence-electron chi connectivity index (χ1n) is 8.59. The number of halogens is 3. The number of rotatable bonds is 6. The van der Waals surface area contributed by atoms with Gasteiger partial charge in [-0.05, 0) is 30.9 Å². The molecule has 2 rings (SSSR count). The van der Waals surface area contributed by atoms with Crippen molar-refractivity contribution < 1.29 is 32.0 Å². The van der Waals surface area contributed by atoms with E-state index in [0.29, 0.717) is 10.7 Å². The minimum atomic E-state index is -5.04. The maximum absolute atomic E-state index is 12.7. The molecule has 1 aromatic heterocycles. The van der Waals surface area contributed by atoms with Crippen LogP contribution in [0.1, 0.15) is 32.4 Å². The van der Waals surface area contributed by atoms with E-state index in [1.807, 2.05) is 0 Å². The van der Waals surface area contributed by atoms with E-state index >= 15 is 0 Å². The predicted octanol–water partition coefficient (Wildman–Crippen LogP) is 1.59. The fraction of sp³-hybridized carbons (Fsp3) is 0.588. The first-order valence-corrected chi connectivity index (χ1v) is 8.59. The Kier molecular flexibility index (Phi) is 6.50. The molecule has 0 radical (unpaired) electrons. The molecule has 0 saturated carbocycles. The van der Waals surface area contributed by atoms with Gasteiger partial charge in [0.1, 0.15) is 17.8 Å². The Morgan fingerprint density at radius 1 is 1.33 bits per heavy atom. The number of hydrogen-bond acceptors (Lipinski definition) is 4. The van der Waals surface area contributed by atoms with Gasteiger partial charge in [-0.2, -0.15) is 13.2 Å². The number of carbonyl (C=O) groups excluding carboxylic acids is 3. The molecule has 1 aromatic rings. The van der Waals surface area contributed by atoms with Crippen molar-refractivity contribution in [1.29, 1.82) is 0 Å². The number of nitrogens with one attached hydrogen (secondary N) is 2. The van der Waals surface area contributed by atoms with Crippen molar-refractivity contribution in [2.24, 2.45) is 5.92 Å². The first kappa shape index (κ1) is 20.8. The third kappa shape index (κ3) is 5.24. The molecular weight excluding hydrogens is 367 g/mol. The van der Waals surface area contributed by atoms with Crippen molar-refractivity contribution >= 4 is 17.7 Å². The molecule has 3 amide bonds. The molecule has 1 unspecified atom stereocenters. The summed E-state index contributed by atoms with van der Waals surface area (Å²) in [4.78, 5) is 36.9. The minimum absolute atomic E-state index is 0.118. The van der Waals surface area contributed by atoms with Crippen LogP contribution in [0.5, 0.6) is 0 Å². The minimum Gasteiger partial charge on any atom is -0.467 e. The topological polar surface area (TPSA) is 91.7 Å². The van der Waals surface area contributed by atoms with Gasteiger partial charge < -0.3 is 20.0 Å². The van der Waals surface area contributed by atoms with Crippen LogP contribution in [0.4, 0.5) is 13.2 Å². The molecule has 1 aliphatic heterocycles. The van der Waals surface area contributed by atoms with Crippen LogP contribution in [0, 0.1) is 5.92 Å². The van der Waals surface area contributed by atoms with Crippen LogP contribution in [0.2, 0.25) is 0 Å². The summed E-state index contributed by atoms with van der Waals surface area (Å²) in [6.45, 7) is 3.37. The van der Waals surface area contributed by atoms with E-state index < -0.39 is 36.0 Å². The van der Waals surface area contributed by atoms with E-state index in [0.717, 1.165) is 0 Å². The second-order valence-electron chi connectivity index (χ2n) is 6.68. The van der Waals surface area contributed by atoms with Crippen LogP contribution in [0.3, 0.4) is 0 Å². The van der Waals surface area contributed by atoms with E-state index in [1.54, 1.807) is 26.0 Å². The molecule has 1 saturated heterocycles. The molecule has 1 fully saturated rings. The molecule has 0 spiro atoms. The lowest BCUT2D eigenvalue weighted by atomic mass is 10.0. The number of likely N-dealkylation sites (tertiary alicyclic amines) is 1. The Bertz CT molecular complexity index is 673. The van der Waals surface area contributed by atoms with Crippen LogP contribution < -0.4 is 10.6 Å². The van der Waals surface area contributed by atoms with Gasteiger partial charge in [0.2, 0.25) is 11.8 Å². The molecule has 27 heavy (non-hydrogen) atoms. The molecule has 10 heteroatoms. The van der Waals surface area contributed by atoms with E-state index in [2.05, 4.69) is 10.6 Å². The highest BCUT2D eigenvalue weighted by atomic mass is 19.4. The molecule has 0 bridgehead atoms. The lowest BCUT2D eigenvalue weighted by molar-refractivity contribution is -0.186. The van der Waals surface area contributed by atoms with E-state index in [4.69, 9.17) is 4.42 Å². The summed E-state index contributed by atoms with van der Waals surface area (Å²) < 4.78 is 43.2. The molecule has 2 heterocycles. The second-order valence-corrected chi connectivity index (χ2v) is 6.68. The van der Waals surface area contributed by atoms with Gasteiger partial charge in [0.15, 0.2) is 0 Å². The van der Waals surface area contributed by atoms with Crippen molar-refractivity contribution in [3.63, 3.8) is 0 Å². The molecule has 7 nitrogen and oxygen atoms in total. The second kappa shape index (κ2) is 8.45. The Balaban J connectivity index is 2.01. The Morgan fingerprint density at radius 2 is 2.04 bits per heavy atom. The van der Waals surface area contributed by atoms with Crippen molar-refractivity contribution in [3.05, 3.63) is 24.2 Å². The van der Waals surface area contributed by atoms with Gasteiger partial charge in [-0.25, -0.2) is 0 Å². The number of alkyl halides is 3. The number of hydrogen-bond donors (Lipinski definition) is 2. The zero-order valence-electron chi connectivity index (χ0n) is 15.0. The van der Waals surface area contributed by atoms with Crippen LogP contribution in [-0.2, 0) is 20.9 Å². The number of carbonyl (C=O) groups is 3. The van der Waals surface area contributed by atoms with Gasteiger partial charge in [0.25, 0.3) is 0 Å². The Morgan fingerprint density at radius 3 is 2.59 bits per heavy atom. The van der Waals surface area contributed by atoms with Crippen molar-refractivity contribution in [3.8, 4) is 0 Å². The SMILES string of the molecule is CC(C)[C@H](NC(=O)C1CCCN1C(=O)C(F)(F)F)C(=O)NCc1ccco1. The summed E-state index contributed by atoms with van der Waals surface area (Å²) in [5, 5.41) is 5.09. The van der Waals surface area contributed by atoms with Gasteiger partial charge in [-0.3, -0.25) is 14.4 Å². The quantitative estimate of drug-likeness (QED) is 0.773. The smallest absolute Gasteiger partial charge is 0.467 e. The van der Waals surface area contributed by atoms with Gasteiger partial charge >= 0.3 is 12.1 Å². The fourth-order valence-electron chi connectivity index (χ4n) is 2.93. The molecule has 1 aliphatic rings. The predicted molar refractivity (Wildman–Crippen MR) is 88.1 cm³/mol. The molecule has 0 aromatic carbocycles. The van der Waals surface area contributed by atoms with E-state index in [1.165, 1.54) is 6.26 Å². The average Bonchev–Trinajstić information content (AvgIpc) is 3.26. The summed E-state index contributed by atoms with van der Waals surface area (Å²) in [6.07, 6.45) is -3.18. The lowest BCUT2D eigenvalue weighted by Gasteiger charge is -2.28. The van der Waals surface area contributed by atoms with Crippen LogP contribution in [0.25, 0.3) is 0 Å². The molecule has 0 aliphatic carbocycles. The number of furan rings is 1. The molecular formula is C17H22F3N3O4. The van der Waals surface area contributed by atoms with Crippen LogP contribution >= 0.6 is 0 Å². The highest BCUT2D eigenvalue weighted by Gasteiger charge is 2.48. The third-order valence-corrected chi connectivity index (χ3v) is 4.32. The molecule has 150 valence electrons. The van der Waals surface area contributed by atoms with Gasteiger partial charge in [-0.1, -0.05) is 13.8 Å². The largest absolute Gasteiger partial charge is 0.471 e. The number of amides is 3. The van der Waals surface area contributed by atoms with E-state index in [9.17, 15) is 27.6 Å². The highest BCUT2D eigenvalue weighted by Crippen LogP contribution is 2.26. The molecule has 2 N–H and O–H groups in total. The van der Waals surface area contributed by atoms with Crippen LogP contribution in [0.15, 0.2) is 22.8 Å². The molecule has 2 atom stereocenters. The third-order valence-electron chi connectivity index (χ3n) is 4.32. The van der Waals surface area contributed by atoms with Crippen LogP contribution in [-0.4, -0.2) is 47.4 Å². The first-order chi connectivity index (χ1) is 12.6. The Hall–Kier alpha value is -2.52. The summed E-state index contributed by atoms with van der Waals surface area (Å²) in [7, 11) is 0. The zero-order valence-corrected chi connectivity index (χ0v) is 15.0. The normalized spacial score (nSPS) is 18.4. The van der Waals surface area contributed by atoms with Gasteiger partial charge in [-0.15, -0.1) is 0 Å².